The van der Waals surface area contributed by atoms with Crippen LogP contribution in [0.15, 0.2) is 0 Å². The van der Waals surface area contributed by atoms with E-state index in [4.69, 9.17) is 5.11 Å². The Kier molecular flexibility index (Phi) is 6.25. The quantitative estimate of drug-likeness (QED) is 0.254. The third kappa shape index (κ3) is 2.96. The lowest BCUT2D eigenvalue weighted by molar-refractivity contribution is -0.218. The average Bonchev–Trinajstić information content (AvgIpc) is 2.40. The second-order valence-corrected chi connectivity index (χ2v) is 4.74. The van der Waals surface area contributed by atoms with Gasteiger partial charge in [-0.15, -0.1) is 0 Å². The zero-order valence-corrected chi connectivity index (χ0v) is 12.6. The summed E-state index contributed by atoms with van der Waals surface area (Å²) in [5.74, 6) is -6.94. The van der Waals surface area contributed by atoms with Crippen LogP contribution in [0.3, 0.4) is 0 Å². The molecule has 22 heavy (non-hydrogen) atoms. The van der Waals surface area contributed by atoms with Gasteiger partial charge in [-0.2, -0.15) is 0 Å². The van der Waals surface area contributed by atoms with Gasteiger partial charge in [0.25, 0.3) is 11.4 Å². The second-order valence-electron chi connectivity index (χ2n) is 4.74. The first-order valence-electron chi connectivity index (χ1n) is 6.17. The SMILES string of the molecule is CC(=O)O[C@@](C(C)=O)(C(=O)C(C)=O)[C@](O)(C(C)=O)[C@@H](O)CO. The van der Waals surface area contributed by atoms with Crippen molar-refractivity contribution >= 4 is 29.1 Å². The van der Waals surface area contributed by atoms with E-state index in [0.29, 0.717) is 13.8 Å². The molecule has 3 N–H and O–H groups in total. The van der Waals surface area contributed by atoms with Crippen molar-refractivity contribution in [1.82, 2.24) is 0 Å². The molecule has 0 fully saturated rings. The fourth-order valence-corrected chi connectivity index (χ4v) is 2.11. The van der Waals surface area contributed by atoms with E-state index in [1.54, 1.807) is 0 Å². The van der Waals surface area contributed by atoms with Crippen molar-refractivity contribution in [3.05, 3.63) is 0 Å². The summed E-state index contributed by atoms with van der Waals surface area (Å²) >= 11 is 0. The van der Waals surface area contributed by atoms with Gasteiger partial charge >= 0.3 is 5.97 Å². The van der Waals surface area contributed by atoms with Crippen LogP contribution in [0.25, 0.3) is 0 Å². The number of Topliss-reactive ketones (excluding diaryl/α,β-unsaturated/α-hetero) is 4. The molecule has 124 valence electrons. The molecule has 0 spiro atoms. The highest BCUT2D eigenvalue weighted by Crippen LogP contribution is 2.34. The van der Waals surface area contributed by atoms with Gasteiger partial charge in [-0.3, -0.25) is 24.0 Å². The summed E-state index contributed by atoms with van der Waals surface area (Å²) < 4.78 is 4.57. The molecule has 0 amide bonds. The molecule has 0 heterocycles. The van der Waals surface area contributed by atoms with E-state index in [9.17, 15) is 34.2 Å². The van der Waals surface area contributed by atoms with Gasteiger partial charge in [-0.1, -0.05) is 0 Å². The van der Waals surface area contributed by atoms with Crippen molar-refractivity contribution in [2.75, 3.05) is 6.61 Å². The van der Waals surface area contributed by atoms with E-state index in [1.807, 2.05) is 0 Å². The Hall–Kier alpha value is -1.97. The number of aliphatic hydroxyl groups excluding tert-OH is 2. The molecular formula is C13H18O9. The lowest BCUT2D eigenvalue weighted by Crippen LogP contribution is -2.74. The molecule has 9 nitrogen and oxygen atoms in total. The minimum atomic E-state index is -3.32. The summed E-state index contributed by atoms with van der Waals surface area (Å²) in [5, 5.41) is 29.2. The number of rotatable bonds is 8. The molecule has 0 rings (SSSR count). The Morgan fingerprint density at radius 2 is 1.45 bits per heavy atom. The van der Waals surface area contributed by atoms with Crippen LogP contribution in [0.2, 0.25) is 0 Å². The Morgan fingerprint density at radius 1 is 1.00 bits per heavy atom. The van der Waals surface area contributed by atoms with Crippen molar-refractivity contribution in [2.24, 2.45) is 0 Å². The number of esters is 1. The van der Waals surface area contributed by atoms with Gasteiger partial charge in [0, 0.05) is 13.8 Å². The maximum atomic E-state index is 12.2. The minimum absolute atomic E-state index is 0.696. The molecule has 3 atom stereocenters. The standard InChI is InChI=1S/C13H18O9/c1-6(15)11(20)13(8(3)17,22-9(4)18)12(21,7(2)16)10(19)5-14/h10,14,19,21H,5H2,1-4H3/t10-,12-,13-/m0/s1. The van der Waals surface area contributed by atoms with E-state index in [2.05, 4.69) is 4.74 Å². The summed E-state index contributed by atoms with van der Waals surface area (Å²) in [4.78, 5) is 58.6. The van der Waals surface area contributed by atoms with Crippen LogP contribution >= 0.6 is 0 Å². The van der Waals surface area contributed by atoms with E-state index >= 15 is 0 Å². The largest absolute Gasteiger partial charge is 0.439 e. The minimum Gasteiger partial charge on any atom is -0.439 e. The number of ketones is 4. The number of ether oxygens (including phenoxy) is 1. The Labute approximate surface area is 125 Å². The van der Waals surface area contributed by atoms with Crippen LogP contribution in [0.5, 0.6) is 0 Å². The first-order chi connectivity index (χ1) is 9.89. The number of aliphatic hydroxyl groups is 3. The van der Waals surface area contributed by atoms with Gasteiger partial charge in [0.1, 0.15) is 6.10 Å². The lowest BCUT2D eigenvalue weighted by atomic mass is 9.70. The molecule has 0 aromatic heterocycles. The van der Waals surface area contributed by atoms with Crippen LogP contribution < -0.4 is 0 Å². The lowest BCUT2D eigenvalue weighted by Gasteiger charge is -2.42. The maximum absolute atomic E-state index is 12.2. The Balaban J connectivity index is 6.76. The van der Waals surface area contributed by atoms with Crippen LogP contribution in [0, 0.1) is 0 Å². The highest BCUT2D eigenvalue weighted by atomic mass is 16.6. The monoisotopic (exact) mass is 318 g/mol. The van der Waals surface area contributed by atoms with Crippen molar-refractivity contribution in [3.63, 3.8) is 0 Å². The molecule has 0 saturated heterocycles. The second kappa shape index (κ2) is 6.86. The van der Waals surface area contributed by atoms with E-state index in [-0.39, 0.29) is 0 Å². The van der Waals surface area contributed by atoms with Gasteiger partial charge in [-0.25, -0.2) is 0 Å². The van der Waals surface area contributed by atoms with Gasteiger partial charge in [-0.05, 0) is 13.8 Å². The summed E-state index contributed by atoms with van der Waals surface area (Å²) in [5.41, 5.74) is -6.60. The molecule has 0 aromatic rings. The topological polar surface area (TPSA) is 155 Å². The van der Waals surface area contributed by atoms with Crippen LogP contribution in [-0.4, -0.2) is 68.3 Å². The molecule has 0 bridgehead atoms. The maximum Gasteiger partial charge on any atom is 0.304 e. The summed E-state index contributed by atoms with van der Waals surface area (Å²) in [6.07, 6.45) is -2.35. The number of hydrogen-bond donors (Lipinski definition) is 3. The van der Waals surface area contributed by atoms with Crippen LogP contribution in [-0.2, 0) is 28.7 Å². The smallest absolute Gasteiger partial charge is 0.304 e. The third-order valence-corrected chi connectivity index (χ3v) is 3.16. The fraction of sp³-hybridized carbons (Fsp3) is 0.615. The van der Waals surface area contributed by atoms with Crippen LogP contribution in [0.4, 0.5) is 0 Å². The zero-order chi connectivity index (χ0) is 17.9. The number of carbonyl (C=O) groups is 5. The first kappa shape index (κ1) is 20.0. The highest BCUT2D eigenvalue weighted by Gasteiger charge is 2.69. The molecule has 0 aromatic carbocycles. The van der Waals surface area contributed by atoms with E-state index in [1.165, 1.54) is 0 Å². The summed E-state index contributed by atoms with van der Waals surface area (Å²) in [6.45, 7) is 1.67. The molecule has 0 radical (unpaired) electrons. The molecule has 0 aliphatic rings. The zero-order valence-electron chi connectivity index (χ0n) is 12.6. The normalized spacial score (nSPS) is 17.6. The Morgan fingerprint density at radius 3 is 1.68 bits per heavy atom. The highest BCUT2D eigenvalue weighted by molar-refractivity contribution is 6.45. The van der Waals surface area contributed by atoms with E-state index in [0.717, 1.165) is 13.8 Å². The van der Waals surface area contributed by atoms with Gasteiger partial charge < -0.3 is 20.1 Å². The van der Waals surface area contributed by atoms with E-state index < -0.39 is 53.0 Å². The molecule has 0 unspecified atom stereocenters. The van der Waals surface area contributed by atoms with Crippen molar-refractivity contribution in [3.8, 4) is 0 Å². The van der Waals surface area contributed by atoms with Gasteiger partial charge in [0.15, 0.2) is 17.3 Å². The molecule has 9 heteroatoms. The van der Waals surface area contributed by atoms with Crippen molar-refractivity contribution in [1.29, 1.82) is 0 Å². The predicted octanol–water partition coefficient (Wildman–Crippen LogP) is -2.29. The molecule has 0 aliphatic carbocycles. The summed E-state index contributed by atoms with van der Waals surface area (Å²) in [7, 11) is 0. The van der Waals surface area contributed by atoms with Gasteiger partial charge in [0.2, 0.25) is 5.60 Å². The number of hydrogen-bond acceptors (Lipinski definition) is 9. The predicted molar refractivity (Wildman–Crippen MR) is 69.6 cm³/mol. The molecule has 0 aliphatic heterocycles. The Bertz CT molecular complexity index is 524. The van der Waals surface area contributed by atoms with Crippen LogP contribution in [0.1, 0.15) is 27.7 Å². The fourth-order valence-electron chi connectivity index (χ4n) is 2.11. The molecular weight excluding hydrogens is 300 g/mol. The third-order valence-electron chi connectivity index (χ3n) is 3.16. The summed E-state index contributed by atoms with van der Waals surface area (Å²) in [6, 6.07) is 0. The average molecular weight is 318 g/mol. The first-order valence-corrected chi connectivity index (χ1v) is 6.17. The van der Waals surface area contributed by atoms with Gasteiger partial charge in [0.05, 0.1) is 6.61 Å². The van der Waals surface area contributed by atoms with Crippen molar-refractivity contribution in [2.45, 2.75) is 45.0 Å². The van der Waals surface area contributed by atoms with Crippen molar-refractivity contribution < 1.29 is 44.0 Å². The number of carbonyl (C=O) groups excluding carboxylic acids is 5. The molecule has 0 saturated carbocycles.